The minimum absolute atomic E-state index is 0.0250. The van der Waals surface area contributed by atoms with Crippen LogP contribution in [-0.4, -0.2) is 33.7 Å². The third-order valence-electron chi connectivity index (χ3n) is 4.14. The third kappa shape index (κ3) is 5.22. The van der Waals surface area contributed by atoms with E-state index in [-0.39, 0.29) is 11.7 Å². The maximum atomic E-state index is 12.2. The van der Waals surface area contributed by atoms with Crippen LogP contribution in [0.5, 0.6) is 0 Å². The highest BCUT2D eigenvalue weighted by Gasteiger charge is 2.16. The summed E-state index contributed by atoms with van der Waals surface area (Å²) in [5.41, 5.74) is 2.09. The second-order valence-corrected chi connectivity index (χ2v) is 8.56. The van der Waals surface area contributed by atoms with Crippen molar-refractivity contribution < 1.29 is 13.2 Å². The van der Waals surface area contributed by atoms with Crippen LogP contribution in [0.15, 0.2) is 48.5 Å². The van der Waals surface area contributed by atoms with E-state index in [1.807, 2.05) is 24.3 Å². The van der Waals surface area contributed by atoms with Crippen molar-refractivity contribution in [2.45, 2.75) is 19.8 Å². The first-order valence-corrected chi connectivity index (χ1v) is 10.4. The molecule has 0 unspecified atom stereocenters. The van der Waals surface area contributed by atoms with E-state index in [2.05, 4.69) is 5.32 Å². The molecule has 140 valence electrons. The predicted molar refractivity (Wildman–Crippen MR) is 106 cm³/mol. The molecule has 2 aromatic rings. The molecule has 0 atom stereocenters. The normalized spacial score (nSPS) is 11.2. The van der Waals surface area contributed by atoms with Gasteiger partial charge in [-0.15, -0.1) is 0 Å². The number of carbonyl (C=O) groups excluding carboxylic acids is 1. The summed E-state index contributed by atoms with van der Waals surface area (Å²) in [6.07, 6.45) is 1.57. The number of nitrogens with zero attached hydrogens (tertiary/aromatic N) is 1. The second-order valence-electron chi connectivity index (χ2n) is 5.87. The summed E-state index contributed by atoms with van der Waals surface area (Å²) < 4.78 is 25.0. The zero-order chi connectivity index (χ0) is 19.2. The molecule has 0 aliphatic heterocycles. The molecule has 26 heavy (non-hydrogen) atoms. The molecule has 2 rings (SSSR count). The molecule has 1 N–H and O–H groups in total. The molecule has 7 heteroatoms. The average Bonchev–Trinajstić information content (AvgIpc) is 2.65. The standard InChI is InChI=1S/C19H23ClN2O3S/c1-3-26(24,25)22(2)17-12-10-16(11-13-17)19(23)21-14-6-8-15-7-4-5-9-18(15)20/h4-5,7,9-13H,3,6,8,14H2,1-2H3,(H,21,23). The lowest BCUT2D eigenvalue weighted by Crippen LogP contribution is -2.28. The Balaban J connectivity index is 1.87. The lowest BCUT2D eigenvalue weighted by atomic mass is 10.1. The predicted octanol–water partition coefficient (Wildman–Crippen LogP) is 3.49. The van der Waals surface area contributed by atoms with Gasteiger partial charge in [-0.25, -0.2) is 8.42 Å². The van der Waals surface area contributed by atoms with E-state index in [0.717, 1.165) is 23.4 Å². The third-order valence-corrected chi connectivity index (χ3v) is 6.29. The number of carbonyl (C=O) groups is 1. The quantitative estimate of drug-likeness (QED) is 0.697. The largest absolute Gasteiger partial charge is 0.352 e. The van der Waals surface area contributed by atoms with Crippen LogP contribution in [-0.2, 0) is 16.4 Å². The number of nitrogens with one attached hydrogen (secondary N) is 1. The van der Waals surface area contributed by atoms with E-state index in [1.165, 1.54) is 11.4 Å². The topological polar surface area (TPSA) is 66.5 Å². The summed E-state index contributed by atoms with van der Waals surface area (Å²) in [7, 11) is -1.81. The number of anilines is 1. The minimum atomic E-state index is -3.31. The number of benzene rings is 2. The summed E-state index contributed by atoms with van der Waals surface area (Å²) >= 11 is 6.11. The van der Waals surface area contributed by atoms with E-state index in [9.17, 15) is 13.2 Å². The van der Waals surface area contributed by atoms with Gasteiger partial charge >= 0.3 is 0 Å². The Morgan fingerprint density at radius 1 is 1.12 bits per heavy atom. The van der Waals surface area contributed by atoms with Crippen molar-refractivity contribution in [2.24, 2.45) is 0 Å². The Hall–Kier alpha value is -2.05. The van der Waals surface area contributed by atoms with Gasteiger partial charge < -0.3 is 5.32 Å². The summed E-state index contributed by atoms with van der Waals surface area (Å²) in [6, 6.07) is 14.2. The lowest BCUT2D eigenvalue weighted by Gasteiger charge is -2.18. The monoisotopic (exact) mass is 394 g/mol. The van der Waals surface area contributed by atoms with Crippen molar-refractivity contribution in [3.05, 3.63) is 64.7 Å². The fourth-order valence-corrected chi connectivity index (χ4v) is 3.52. The fraction of sp³-hybridized carbons (Fsp3) is 0.316. The van der Waals surface area contributed by atoms with Crippen LogP contribution in [0.3, 0.4) is 0 Å². The van der Waals surface area contributed by atoms with E-state index in [0.29, 0.717) is 17.8 Å². The number of amides is 1. The van der Waals surface area contributed by atoms with E-state index < -0.39 is 10.0 Å². The van der Waals surface area contributed by atoms with Crippen LogP contribution < -0.4 is 9.62 Å². The summed E-state index contributed by atoms with van der Waals surface area (Å²) in [5, 5.41) is 3.60. The van der Waals surface area contributed by atoms with Crippen LogP contribution in [0.1, 0.15) is 29.3 Å². The maximum Gasteiger partial charge on any atom is 0.251 e. The van der Waals surface area contributed by atoms with Gasteiger partial charge in [-0.1, -0.05) is 29.8 Å². The molecular weight excluding hydrogens is 372 g/mol. The summed E-state index contributed by atoms with van der Waals surface area (Å²) in [5.74, 6) is -0.159. The fourth-order valence-electron chi connectivity index (χ4n) is 2.46. The van der Waals surface area contributed by atoms with E-state index in [1.54, 1.807) is 31.2 Å². The Labute approximate surface area is 160 Å². The molecule has 0 bridgehead atoms. The van der Waals surface area contributed by atoms with Gasteiger partial charge in [-0.3, -0.25) is 9.10 Å². The first-order chi connectivity index (χ1) is 12.3. The van der Waals surface area contributed by atoms with E-state index in [4.69, 9.17) is 11.6 Å². The Morgan fingerprint density at radius 2 is 1.77 bits per heavy atom. The second kappa shape index (κ2) is 9.05. The Morgan fingerprint density at radius 3 is 2.38 bits per heavy atom. The molecule has 0 spiro atoms. The Kier molecular flexibility index (Phi) is 7.06. The summed E-state index contributed by atoms with van der Waals surface area (Å²) in [6.45, 7) is 2.13. The average molecular weight is 395 g/mol. The zero-order valence-corrected chi connectivity index (χ0v) is 16.5. The molecule has 0 aliphatic carbocycles. The number of aryl methyl sites for hydroxylation is 1. The molecule has 0 aliphatic rings. The Bertz CT molecular complexity index is 851. The molecular formula is C19H23ClN2O3S. The van der Waals surface area contributed by atoms with Gasteiger partial charge in [0.1, 0.15) is 0 Å². The van der Waals surface area contributed by atoms with Crippen LogP contribution in [0.25, 0.3) is 0 Å². The molecule has 0 heterocycles. The van der Waals surface area contributed by atoms with Crippen molar-refractivity contribution in [1.82, 2.24) is 5.32 Å². The lowest BCUT2D eigenvalue weighted by molar-refractivity contribution is 0.0953. The number of hydrogen-bond donors (Lipinski definition) is 1. The minimum Gasteiger partial charge on any atom is -0.352 e. The van der Waals surface area contributed by atoms with E-state index >= 15 is 0 Å². The van der Waals surface area contributed by atoms with Gasteiger partial charge in [0, 0.05) is 24.2 Å². The van der Waals surface area contributed by atoms with Crippen LogP contribution >= 0.6 is 11.6 Å². The molecule has 0 radical (unpaired) electrons. The van der Waals surface area contributed by atoms with Gasteiger partial charge in [0.2, 0.25) is 10.0 Å². The maximum absolute atomic E-state index is 12.2. The van der Waals surface area contributed by atoms with Crippen molar-refractivity contribution >= 4 is 33.2 Å². The molecule has 1 amide bonds. The molecule has 2 aromatic carbocycles. The van der Waals surface area contributed by atoms with Gasteiger partial charge in [0.05, 0.1) is 11.4 Å². The van der Waals surface area contributed by atoms with Crippen LogP contribution in [0, 0.1) is 0 Å². The van der Waals surface area contributed by atoms with Crippen molar-refractivity contribution in [3.63, 3.8) is 0 Å². The number of halogens is 1. The summed E-state index contributed by atoms with van der Waals surface area (Å²) in [4.78, 5) is 12.2. The molecule has 0 saturated heterocycles. The van der Waals surface area contributed by atoms with Gasteiger partial charge in [-0.05, 0) is 55.7 Å². The van der Waals surface area contributed by atoms with Gasteiger partial charge in [-0.2, -0.15) is 0 Å². The number of hydrogen-bond acceptors (Lipinski definition) is 3. The van der Waals surface area contributed by atoms with Crippen molar-refractivity contribution in [2.75, 3.05) is 23.7 Å². The molecule has 0 saturated carbocycles. The van der Waals surface area contributed by atoms with Crippen molar-refractivity contribution in [3.8, 4) is 0 Å². The highest BCUT2D eigenvalue weighted by atomic mass is 35.5. The van der Waals surface area contributed by atoms with Gasteiger partial charge in [0.15, 0.2) is 0 Å². The van der Waals surface area contributed by atoms with Gasteiger partial charge in [0.25, 0.3) is 5.91 Å². The first kappa shape index (κ1) is 20.3. The first-order valence-electron chi connectivity index (χ1n) is 8.43. The number of sulfonamides is 1. The SMILES string of the molecule is CCS(=O)(=O)N(C)c1ccc(C(=O)NCCCc2ccccc2Cl)cc1. The zero-order valence-electron chi connectivity index (χ0n) is 14.9. The molecule has 0 fully saturated rings. The highest BCUT2D eigenvalue weighted by Crippen LogP contribution is 2.18. The smallest absolute Gasteiger partial charge is 0.251 e. The highest BCUT2D eigenvalue weighted by molar-refractivity contribution is 7.92. The molecule has 0 aromatic heterocycles. The molecule has 5 nitrogen and oxygen atoms in total. The van der Waals surface area contributed by atoms with Crippen molar-refractivity contribution in [1.29, 1.82) is 0 Å². The van der Waals surface area contributed by atoms with Crippen LogP contribution in [0.4, 0.5) is 5.69 Å². The number of rotatable bonds is 8. The van der Waals surface area contributed by atoms with Crippen LogP contribution in [0.2, 0.25) is 5.02 Å².